The molecule has 2 aromatic carbocycles. The third kappa shape index (κ3) is 5.28. The molecule has 3 rings (SSSR count). The van der Waals surface area contributed by atoms with Gasteiger partial charge in [-0.15, -0.1) is 0 Å². The van der Waals surface area contributed by atoms with Gasteiger partial charge in [-0.25, -0.2) is 14.0 Å². The van der Waals surface area contributed by atoms with E-state index in [4.69, 9.17) is 14.6 Å². The molecule has 1 N–H and O–H groups in total. The van der Waals surface area contributed by atoms with Gasteiger partial charge in [-0.05, 0) is 48.0 Å². The molecule has 3 aromatic rings. The van der Waals surface area contributed by atoms with Crippen molar-refractivity contribution >= 4 is 11.7 Å². The first-order valence-corrected chi connectivity index (χ1v) is 9.45. The number of halogens is 2. The molecule has 0 bridgehead atoms. The number of ether oxygens (including phenoxy) is 2. The van der Waals surface area contributed by atoms with Gasteiger partial charge in [0.1, 0.15) is 17.2 Å². The van der Waals surface area contributed by atoms with Crippen LogP contribution in [0.1, 0.15) is 13.3 Å². The SMILES string of the molecule is CC(Oc1ccc(Oc2cc(-n3nnn(CCCF)c3=O)c(F)cc2[N+](=O)[O-])cc1)C(=O)O. The summed E-state index contributed by atoms with van der Waals surface area (Å²) in [7, 11) is 0. The van der Waals surface area contributed by atoms with Crippen LogP contribution in [0.15, 0.2) is 41.2 Å². The van der Waals surface area contributed by atoms with E-state index < -0.39 is 52.3 Å². The Morgan fingerprint density at radius 1 is 1.24 bits per heavy atom. The van der Waals surface area contributed by atoms with Gasteiger partial charge in [-0.1, -0.05) is 0 Å². The molecular formula is C19H17F2N5O7. The van der Waals surface area contributed by atoms with E-state index in [1.165, 1.54) is 31.2 Å². The molecule has 0 spiro atoms. The van der Waals surface area contributed by atoms with Gasteiger partial charge in [0.15, 0.2) is 11.9 Å². The average molecular weight is 465 g/mol. The van der Waals surface area contributed by atoms with Gasteiger partial charge in [0.05, 0.1) is 24.2 Å². The van der Waals surface area contributed by atoms with Crippen LogP contribution >= 0.6 is 0 Å². The summed E-state index contributed by atoms with van der Waals surface area (Å²) in [5.41, 5.74) is -2.03. The number of rotatable bonds is 10. The van der Waals surface area contributed by atoms with Gasteiger partial charge in [0, 0.05) is 6.07 Å². The number of nitro groups is 1. The van der Waals surface area contributed by atoms with Crippen molar-refractivity contribution in [3.8, 4) is 22.9 Å². The number of aliphatic carboxylic acids is 1. The number of aryl methyl sites for hydroxylation is 1. The smallest absolute Gasteiger partial charge is 0.368 e. The third-order valence-electron chi connectivity index (χ3n) is 4.31. The monoisotopic (exact) mass is 465 g/mol. The minimum atomic E-state index is -1.17. The lowest BCUT2D eigenvalue weighted by molar-refractivity contribution is -0.385. The van der Waals surface area contributed by atoms with E-state index in [1.807, 2.05) is 0 Å². The van der Waals surface area contributed by atoms with Gasteiger partial charge in [-0.2, -0.15) is 9.36 Å². The van der Waals surface area contributed by atoms with Gasteiger partial charge in [0.25, 0.3) is 0 Å². The number of alkyl halides is 1. The lowest BCUT2D eigenvalue weighted by Crippen LogP contribution is -2.25. The maximum Gasteiger partial charge on any atom is 0.368 e. The van der Waals surface area contributed by atoms with E-state index in [1.54, 1.807) is 0 Å². The van der Waals surface area contributed by atoms with Crippen LogP contribution in [0.4, 0.5) is 14.5 Å². The van der Waals surface area contributed by atoms with E-state index in [9.17, 15) is 28.5 Å². The number of carboxylic acid groups (broad SMARTS) is 1. The maximum atomic E-state index is 14.6. The molecule has 0 amide bonds. The van der Waals surface area contributed by atoms with Crippen LogP contribution in [0.25, 0.3) is 5.69 Å². The number of benzene rings is 2. The Bertz CT molecular complexity index is 1230. The highest BCUT2D eigenvalue weighted by atomic mass is 19.1. The van der Waals surface area contributed by atoms with Crippen LogP contribution in [-0.2, 0) is 11.3 Å². The van der Waals surface area contributed by atoms with Crippen molar-refractivity contribution in [2.75, 3.05) is 6.67 Å². The summed E-state index contributed by atoms with van der Waals surface area (Å²) in [4.78, 5) is 33.8. The summed E-state index contributed by atoms with van der Waals surface area (Å²) in [5.74, 6) is -2.39. The van der Waals surface area contributed by atoms with Crippen LogP contribution in [0.5, 0.6) is 17.2 Å². The molecule has 12 nitrogen and oxygen atoms in total. The van der Waals surface area contributed by atoms with Gasteiger partial charge in [0.2, 0.25) is 5.75 Å². The van der Waals surface area contributed by atoms with Crippen LogP contribution in [0.3, 0.4) is 0 Å². The number of hydrogen-bond acceptors (Lipinski definition) is 8. The minimum absolute atomic E-state index is 0.000652. The first-order chi connectivity index (χ1) is 15.7. The maximum absolute atomic E-state index is 14.6. The fourth-order valence-corrected chi connectivity index (χ4v) is 2.66. The van der Waals surface area contributed by atoms with Crippen LogP contribution in [0, 0.1) is 15.9 Å². The zero-order valence-corrected chi connectivity index (χ0v) is 17.1. The predicted octanol–water partition coefficient (Wildman–Crippen LogP) is 2.48. The van der Waals surface area contributed by atoms with Crippen molar-refractivity contribution in [3.63, 3.8) is 0 Å². The Labute approximate surface area is 183 Å². The molecule has 14 heteroatoms. The topological polar surface area (TPSA) is 152 Å². The number of nitrogens with zero attached hydrogens (tertiary/aromatic N) is 5. The summed E-state index contributed by atoms with van der Waals surface area (Å²) >= 11 is 0. The molecule has 0 aliphatic rings. The van der Waals surface area contributed by atoms with Gasteiger partial charge < -0.3 is 14.6 Å². The van der Waals surface area contributed by atoms with Crippen molar-refractivity contribution in [1.82, 2.24) is 19.8 Å². The van der Waals surface area contributed by atoms with Gasteiger partial charge >= 0.3 is 17.3 Å². The molecule has 1 aromatic heterocycles. The summed E-state index contributed by atoms with van der Waals surface area (Å²) in [5, 5.41) is 27.4. The quantitative estimate of drug-likeness (QED) is 0.352. The van der Waals surface area contributed by atoms with E-state index in [-0.39, 0.29) is 24.5 Å². The molecule has 1 atom stereocenters. The predicted molar refractivity (Wildman–Crippen MR) is 107 cm³/mol. The van der Waals surface area contributed by atoms with E-state index in [0.29, 0.717) is 10.7 Å². The average Bonchev–Trinajstić information content (AvgIpc) is 3.14. The zero-order chi connectivity index (χ0) is 24.1. The fraction of sp³-hybridized carbons (Fsp3) is 0.263. The third-order valence-corrected chi connectivity index (χ3v) is 4.31. The fourth-order valence-electron chi connectivity index (χ4n) is 2.66. The second kappa shape index (κ2) is 9.84. The first kappa shape index (κ1) is 23.3. The lowest BCUT2D eigenvalue weighted by Gasteiger charge is -2.12. The summed E-state index contributed by atoms with van der Waals surface area (Å²) in [6.07, 6.45) is -1.10. The zero-order valence-electron chi connectivity index (χ0n) is 17.1. The summed E-state index contributed by atoms with van der Waals surface area (Å²) < 4.78 is 39.0. The Morgan fingerprint density at radius 3 is 2.52 bits per heavy atom. The molecule has 0 fully saturated rings. The number of carbonyl (C=O) groups is 1. The number of nitro benzene ring substituents is 1. The summed E-state index contributed by atoms with van der Waals surface area (Å²) in [6.45, 7) is 0.566. The Morgan fingerprint density at radius 2 is 1.91 bits per heavy atom. The second-order valence-corrected chi connectivity index (χ2v) is 6.64. The highest BCUT2D eigenvalue weighted by Gasteiger charge is 2.24. The molecule has 174 valence electrons. The Balaban J connectivity index is 1.93. The molecule has 33 heavy (non-hydrogen) atoms. The molecule has 0 aliphatic carbocycles. The number of aromatic nitrogens is 4. The highest BCUT2D eigenvalue weighted by Crippen LogP contribution is 2.35. The Hall–Kier alpha value is -4.36. The minimum Gasteiger partial charge on any atom is -0.479 e. The second-order valence-electron chi connectivity index (χ2n) is 6.64. The summed E-state index contributed by atoms with van der Waals surface area (Å²) in [6, 6.07) is 6.97. The molecule has 0 aliphatic heterocycles. The molecular weight excluding hydrogens is 448 g/mol. The molecule has 0 radical (unpaired) electrons. The van der Waals surface area contributed by atoms with Crippen molar-refractivity contribution in [2.45, 2.75) is 26.0 Å². The normalized spacial score (nSPS) is 11.7. The number of tetrazole rings is 1. The van der Waals surface area contributed by atoms with Crippen molar-refractivity contribution in [2.24, 2.45) is 0 Å². The van der Waals surface area contributed by atoms with E-state index in [0.717, 1.165) is 10.7 Å². The largest absolute Gasteiger partial charge is 0.479 e. The lowest BCUT2D eigenvalue weighted by atomic mass is 10.2. The van der Waals surface area contributed by atoms with Crippen molar-refractivity contribution in [1.29, 1.82) is 0 Å². The molecule has 0 saturated heterocycles. The van der Waals surface area contributed by atoms with Gasteiger partial charge in [-0.3, -0.25) is 14.5 Å². The number of carboxylic acids is 1. The van der Waals surface area contributed by atoms with Crippen molar-refractivity contribution < 1.29 is 33.1 Å². The van der Waals surface area contributed by atoms with E-state index in [2.05, 4.69) is 10.4 Å². The van der Waals surface area contributed by atoms with Crippen molar-refractivity contribution in [3.05, 3.63) is 62.8 Å². The molecule has 1 heterocycles. The van der Waals surface area contributed by atoms with Crippen LogP contribution < -0.4 is 15.2 Å². The van der Waals surface area contributed by atoms with Crippen LogP contribution in [0.2, 0.25) is 0 Å². The highest BCUT2D eigenvalue weighted by molar-refractivity contribution is 5.72. The molecule has 0 saturated carbocycles. The molecule has 1 unspecified atom stereocenters. The Kier molecular flexibility index (Phi) is 6.95. The number of hydrogen-bond donors (Lipinski definition) is 1. The first-order valence-electron chi connectivity index (χ1n) is 9.45. The van der Waals surface area contributed by atoms with E-state index >= 15 is 0 Å². The van der Waals surface area contributed by atoms with Crippen LogP contribution in [-0.4, -0.2) is 48.6 Å². The standard InChI is InChI=1S/C19H17F2N5O7/c1-11(18(27)28)32-12-3-5-13(6-4-12)33-17-10-15(14(21)9-16(17)26(30)31)25-19(29)24(22-23-25)8-2-7-20/h3-6,9-11H,2,7-8H2,1H3,(H,27,28).